The Kier molecular flexibility index (Phi) is 3.49. The summed E-state index contributed by atoms with van der Waals surface area (Å²) in [5.74, 6) is 0. The van der Waals surface area contributed by atoms with E-state index in [9.17, 15) is 0 Å². The highest BCUT2D eigenvalue weighted by molar-refractivity contribution is 9.10. The average Bonchev–Trinajstić information content (AvgIpc) is 2.90. The summed E-state index contributed by atoms with van der Waals surface area (Å²) in [6.45, 7) is 0. The Hall–Kier alpha value is -2.08. The Morgan fingerprint density at radius 3 is 2.61 bits per heavy atom. The molecule has 0 fully saturated rings. The molecule has 3 heterocycles. The highest BCUT2D eigenvalue weighted by atomic mass is 79.9. The van der Waals surface area contributed by atoms with Crippen LogP contribution in [0.3, 0.4) is 0 Å². The number of benzene rings is 1. The summed E-state index contributed by atoms with van der Waals surface area (Å²) in [4.78, 5) is 8.81. The zero-order valence-corrected chi connectivity index (χ0v) is 13.9. The third-order valence-electron chi connectivity index (χ3n) is 4.27. The largest absolute Gasteiger partial charge is 0.312 e. The van der Waals surface area contributed by atoms with E-state index >= 15 is 0 Å². The Morgan fingerprint density at radius 1 is 1.00 bits per heavy atom. The van der Waals surface area contributed by atoms with Gasteiger partial charge in [-0.25, -0.2) is 0 Å². The predicted molar refractivity (Wildman–Crippen MR) is 92.6 cm³/mol. The van der Waals surface area contributed by atoms with Gasteiger partial charge in [0.05, 0.1) is 11.9 Å². The lowest BCUT2D eigenvalue weighted by atomic mass is 9.81. The van der Waals surface area contributed by atoms with Crippen molar-refractivity contribution in [3.05, 3.63) is 94.0 Å². The van der Waals surface area contributed by atoms with Crippen molar-refractivity contribution in [1.29, 1.82) is 0 Å². The predicted octanol–water partition coefficient (Wildman–Crippen LogP) is 3.09. The van der Waals surface area contributed by atoms with Crippen molar-refractivity contribution in [3.63, 3.8) is 0 Å². The Morgan fingerprint density at radius 2 is 1.83 bits per heavy atom. The highest BCUT2D eigenvalue weighted by Crippen LogP contribution is 2.44. The van der Waals surface area contributed by atoms with Crippen LogP contribution in [0.5, 0.6) is 0 Å². The average molecular weight is 367 g/mol. The van der Waals surface area contributed by atoms with Crippen molar-refractivity contribution in [2.24, 2.45) is 5.73 Å². The van der Waals surface area contributed by atoms with Gasteiger partial charge in [0, 0.05) is 28.6 Å². The molecule has 2 atom stereocenters. The molecule has 5 heteroatoms. The summed E-state index contributed by atoms with van der Waals surface area (Å²) in [6.07, 6.45) is 5.13. The van der Waals surface area contributed by atoms with E-state index in [-0.39, 0.29) is 6.17 Å². The van der Waals surface area contributed by atoms with E-state index in [4.69, 9.17) is 5.73 Å². The van der Waals surface area contributed by atoms with Gasteiger partial charge in [0.2, 0.25) is 0 Å². The smallest absolute Gasteiger partial charge is 0.114 e. The van der Waals surface area contributed by atoms with Crippen LogP contribution in [-0.4, -0.2) is 9.97 Å². The summed E-state index contributed by atoms with van der Waals surface area (Å²) in [6, 6.07) is 16.2. The van der Waals surface area contributed by atoms with Crippen molar-refractivity contribution in [1.82, 2.24) is 15.3 Å². The second-order valence-electron chi connectivity index (χ2n) is 5.56. The number of nitrogens with one attached hydrogen (secondary N) is 1. The number of rotatable bonds is 2. The molecule has 0 bridgehead atoms. The Bertz CT molecular complexity index is 852. The summed E-state index contributed by atoms with van der Waals surface area (Å²) < 4.78 is 1.02. The van der Waals surface area contributed by atoms with E-state index < -0.39 is 5.54 Å². The summed E-state index contributed by atoms with van der Waals surface area (Å²) in [5, 5.41) is 3.56. The summed E-state index contributed by atoms with van der Waals surface area (Å²) in [5.41, 5.74) is 9.89. The molecule has 2 unspecified atom stereocenters. The molecule has 0 saturated heterocycles. The summed E-state index contributed by atoms with van der Waals surface area (Å²) in [7, 11) is 0. The van der Waals surface area contributed by atoms with Crippen molar-refractivity contribution >= 4 is 15.9 Å². The Labute approximate surface area is 142 Å². The molecule has 0 aliphatic carbocycles. The van der Waals surface area contributed by atoms with E-state index in [0.717, 1.165) is 26.9 Å². The SMILES string of the molecule is NC1NC(c2ccncc2)(c2cccc(Br)c2)c2ncccc21. The minimum Gasteiger partial charge on any atom is -0.312 e. The van der Waals surface area contributed by atoms with E-state index in [1.54, 1.807) is 12.4 Å². The molecule has 114 valence electrons. The van der Waals surface area contributed by atoms with Gasteiger partial charge >= 0.3 is 0 Å². The van der Waals surface area contributed by atoms with Gasteiger partial charge in [-0.2, -0.15) is 0 Å². The zero-order valence-electron chi connectivity index (χ0n) is 12.3. The molecule has 0 saturated carbocycles. The molecule has 3 N–H and O–H groups in total. The van der Waals surface area contributed by atoms with E-state index in [1.165, 1.54) is 0 Å². The number of hydrogen-bond donors (Lipinski definition) is 2. The number of fused-ring (bicyclic) bond motifs is 1. The van der Waals surface area contributed by atoms with Crippen molar-refractivity contribution < 1.29 is 0 Å². The number of halogens is 1. The van der Waals surface area contributed by atoms with Crippen LogP contribution in [0.1, 0.15) is 28.6 Å². The Balaban J connectivity index is 2.05. The van der Waals surface area contributed by atoms with Crippen molar-refractivity contribution in [2.75, 3.05) is 0 Å². The number of nitrogens with zero attached hydrogens (tertiary/aromatic N) is 2. The molecule has 4 nitrogen and oxygen atoms in total. The molecule has 23 heavy (non-hydrogen) atoms. The quantitative estimate of drug-likeness (QED) is 0.731. The van der Waals surface area contributed by atoms with Gasteiger partial charge in [-0.15, -0.1) is 0 Å². The second kappa shape index (κ2) is 5.53. The van der Waals surface area contributed by atoms with Crippen LogP contribution in [0.2, 0.25) is 0 Å². The molecule has 2 aromatic heterocycles. The molecule has 0 spiro atoms. The molecule has 1 aromatic carbocycles. The maximum Gasteiger partial charge on any atom is 0.114 e. The van der Waals surface area contributed by atoms with Crippen LogP contribution >= 0.6 is 15.9 Å². The van der Waals surface area contributed by atoms with Gasteiger partial charge in [-0.3, -0.25) is 15.3 Å². The number of nitrogens with two attached hydrogens (primary N) is 1. The molecule has 1 aliphatic rings. The first-order valence-corrected chi connectivity index (χ1v) is 8.16. The number of aromatic nitrogens is 2. The van der Waals surface area contributed by atoms with Gasteiger partial charge in [0.15, 0.2) is 0 Å². The third kappa shape index (κ3) is 2.20. The van der Waals surface area contributed by atoms with Gasteiger partial charge in [-0.05, 0) is 41.5 Å². The fourth-order valence-electron chi connectivity index (χ4n) is 3.29. The van der Waals surface area contributed by atoms with Crippen molar-refractivity contribution in [3.8, 4) is 0 Å². The van der Waals surface area contributed by atoms with Gasteiger partial charge < -0.3 is 5.73 Å². The van der Waals surface area contributed by atoms with Crippen molar-refractivity contribution in [2.45, 2.75) is 11.7 Å². The van der Waals surface area contributed by atoms with Crippen LogP contribution in [0, 0.1) is 0 Å². The van der Waals surface area contributed by atoms with Gasteiger partial charge in [-0.1, -0.05) is 34.1 Å². The maximum atomic E-state index is 6.36. The lowest BCUT2D eigenvalue weighted by Gasteiger charge is -2.32. The highest BCUT2D eigenvalue weighted by Gasteiger charge is 2.46. The zero-order chi connectivity index (χ0) is 15.9. The second-order valence-corrected chi connectivity index (χ2v) is 6.48. The van der Waals surface area contributed by atoms with Crippen LogP contribution in [0.15, 0.2) is 71.6 Å². The van der Waals surface area contributed by atoms with Crippen LogP contribution in [0.4, 0.5) is 0 Å². The molecule has 4 rings (SSSR count). The topological polar surface area (TPSA) is 63.8 Å². The van der Waals surface area contributed by atoms with Crippen LogP contribution in [0.25, 0.3) is 0 Å². The van der Waals surface area contributed by atoms with Crippen LogP contribution < -0.4 is 11.1 Å². The lowest BCUT2D eigenvalue weighted by molar-refractivity contribution is 0.450. The molecule has 0 amide bonds. The molecule has 1 aliphatic heterocycles. The molecule has 0 radical (unpaired) electrons. The standard InChI is InChI=1S/C18H15BrN4/c19-14-4-1-3-13(11-14)18(12-6-9-21-10-7-12)16-15(17(20)23-18)5-2-8-22-16/h1-11,17,23H,20H2. The third-order valence-corrected chi connectivity index (χ3v) is 4.77. The monoisotopic (exact) mass is 366 g/mol. The summed E-state index contributed by atoms with van der Waals surface area (Å²) >= 11 is 3.57. The van der Waals surface area contributed by atoms with E-state index in [2.05, 4.69) is 43.3 Å². The minimum atomic E-state index is -0.581. The van der Waals surface area contributed by atoms with Gasteiger partial charge in [0.25, 0.3) is 0 Å². The minimum absolute atomic E-state index is 0.272. The van der Waals surface area contributed by atoms with E-state index in [0.29, 0.717) is 0 Å². The molecular formula is C18H15BrN4. The number of hydrogen-bond acceptors (Lipinski definition) is 4. The molecule has 3 aromatic rings. The van der Waals surface area contributed by atoms with Gasteiger partial charge in [0.1, 0.15) is 5.54 Å². The maximum absolute atomic E-state index is 6.36. The fraction of sp³-hybridized carbons (Fsp3) is 0.111. The van der Waals surface area contributed by atoms with E-state index in [1.807, 2.05) is 42.6 Å². The lowest BCUT2D eigenvalue weighted by Crippen LogP contribution is -2.43. The first-order valence-electron chi connectivity index (χ1n) is 7.37. The van der Waals surface area contributed by atoms with Crippen LogP contribution in [-0.2, 0) is 5.54 Å². The first-order chi connectivity index (χ1) is 11.2. The number of pyridine rings is 2. The fourth-order valence-corrected chi connectivity index (χ4v) is 3.69. The normalized spacial score (nSPS) is 22.8. The first kappa shape index (κ1) is 14.5. The molecular weight excluding hydrogens is 352 g/mol.